The van der Waals surface area contributed by atoms with E-state index in [4.69, 9.17) is 13.9 Å². The Morgan fingerprint density at radius 2 is 2.00 bits per heavy atom. The van der Waals surface area contributed by atoms with E-state index in [1.807, 2.05) is 12.1 Å². The third-order valence-electron chi connectivity index (χ3n) is 2.85. The molecule has 2 rings (SSSR count). The van der Waals surface area contributed by atoms with Crippen molar-refractivity contribution in [2.75, 3.05) is 14.2 Å². The van der Waals surface area contributed by atoms with E-state index in [2.05, 4.69) is 19.2 Å². The number of methoxy groups -OCH3 is 2. The standard InChI is InChI=1S/C14H19NO3/c1-9(2)15-7-10-8-18-13-6-11(16-3)5-12(17-4)14(10)13/h5-6,8-9,15H,7H2,1-4H3. The number of nitrogens with one attached hydrogen (secondary N) is 1. The van der Waals surface area contributed by atoms with Crippen LogP contribution in [0.4, 0.5) is 0 Å². The van der Waals surface area contributed by atoms with E-state index in [0.29, 0.717) is 6.04 Å². The Bertz CT molecular complexity index is 531. The maximum atomic E-state index is 5.57. The summed E-state index contributed by atoms with van der Waals surface area (Å²) in [6.07, 6.45) is 1.77. The molecule has 0 aliphatic carbocycles. The van der Waals surface area contributed by atoms with Crippen molar-refractivity contribution >= 4 is 11.0 Å². The van der Waals surface area contributed by atoms with Crippen molar-refractivity contribution in [2.24, 2.45) is 0 Å². The predicted octanol–water partition coefficient (Wildman–Crippen LogP) is 2.95. The average molecular weight is 249 g/mol. The van der Waals surface area contributed by atoms with Crippen LogP contribution in [0, 0.1) is 0 Å². The molecule has 0 saturated carbocycles. The van der Waals surface area contributed by atoms with Crippen LogP contribution in [0.25, 0.3) is 11.0 Å². The second-order valence-electron chi connectivity index (χ2n) is 4.50. The van der Waals surface area contributed by atoms with E-state index in [-0.39, 0.29) is 0 Å². The minimum absolute atomic E-state index is 0.430. The summed E-state index contributed by atoms with van der Waals surface area (Å²) in [4.78, 5) is 0. The van der Waals surface area contributed by atoms with Crippen molar-refractivity contribution in [3.05, 3.63) is 24.0 Å². The van der Waals surface area contributed by atoms with Crippen LogP contribution in [0.15, 0.2) is 22.8 Å². The summed E-state index contributed by atoms with van der Waals surface area (Å²) in [5, 5.41) is 4.38. The third kappa shape index (κ3) is 2.43. The van der Waals surface area contributed by atoms with E-state index < -0.39 is 0 Å². The number of hydrogen-bond acceptors (Lipinski definition) is 4. The van der Waals surface area contributed by atoms with Crippen molar-refractivity contribution < 1.29 is 13.9 Å². The Morgan fingerprint density at radius 3 is 2.61 bits per heavy atom. The summed E-state index contributed by atoms with van der Waals surface area (Å²) in [6.45, 7) is 4.98. The van der Waals surface area contributed by atoms with Gasteiger partial charge in [0.25, 0.3) is 0 Å². The van der Waals surface area contributed by atoms with Crippen LogP contribution < -0.4 is 14.8 Å². The van der Waals surface area contributed by atoms with Gasteiger partial charge in [0, 0.05) is 30.3 Å². The maximum absolute atomic E-state index is 5.57. The van der Waals surface area contributed by atoms with Crippen molar-refractivity contribution in [1.29, 1.82) is 0 Å². The lowest BCUT2D eigenvalue weighted by Crippen LogP contribution is -2.21. The lowest BCUT2D eigenvalue weighted by atomic mass is 10.1. The number of furan rings is 1. The summed E-state index contributed by atoms with van der Waals surface area (Å²) in [7, 11) is 3.28. The second kappa shape index (κ2) is 5.31. The molecule has 0 unspecified atom stereocenters. The molecule has 2 aromatic rings. The first-order valence-corrected chi connectivity index (χ1v) is 6.01. The lowest BCUT2D eigenvalue weighted by Gasteiger charge is -2.09. The molecule has 0 radical (unpaired) electrons. The molecule has 1 aromatic heterocycles. The molecule has 0 saturated heterocycles. The second-order valence-corrected chi connectivity index (χ2v) is 4.50. The summed E-state index contributed by atoms with van der Waals surface area (Å²) in [5.41, 5.74) is 1.88. The van der Waals surface area contributed by atoms with Crippen LogP contribution in [0.1, 0.15) is 19.4 Å². The van der Waals surface area contributed by atoms with Crippen LogP contribution in [0.3, 0.4) is 0 Å². The highest BCUT2D eigenvalue weighted by Gasteiger charge is 2.13. The summed E-state index contributed by atoms with van der Waals surface area (Å²) < 4.78 is 16.2. The van der Waals surface area contributed by atoms with Crippen molar-refractivity contribution in [1.82, 2.24) is 5.32 Å². The van der Waals surface area contributed by atoms with E-state index in [0.717, 1.165) is 34.6 Å². The lowest BCUT2D eigenvalue weighted by molar-refractivity contribution is 0.397. The van der Waals surface area contributed by atoms with Crippen LogP contribution in [0.2, 0.25) is 0 Å². The molecule has 0 amide bonds. The minimum Gasteiger partial charge on any atom is -0.496 e. The van der Waals surface area contributed by atoms with Crippen LogP contribution in [-0.4, -0.2) is 20.3 Å². The molecule has 0 aliphatic heterocycles. The quantitative estimate of drug-likeness (QED) is 0.884. The van der Waals surface area contributed by atoms with Gasteiger partial charge in [-0.2, -0.15) is 0 Å². The van der Waals surface area contributed by atoms with Gasteiger partial charge in [-0.25, -0.2) is 0 Å². The Balaban J connectivity index is 2.43. The molecular formula is C14H19NO3. The van der Waals surface area contributed by atoms with E-state index in [9.17, 15) is 0 Å². The van der Waals surface area contributed by atoms with Crippen LogP contribution >= 0.6 is 0 Å². The molecule has 98 valence electrons. The number of hydrogen-bond donors (Lipinski definition) is 1. The Morgan fingerprint density at radius 1 is 1.22 bits per heavy atom. The van der Waals surface area contributed by atoms with Gasteiger partial charge in [-0.05, 0) is 0 Å². The zero-order valence-electron chi connectivity index (χ0n) is 11.2. The fourth-order valence-corrected chi connectivity index (χ4v) is 1.89. The number of rotatable bonds is 5. The summed E-state index contributed by atoms with van der Waals surface area (Å²) in [6, 6.07) is 4.17. The predicted molar refractivity (Wildman–Crippen MR) is 71.3 cm³/mol. The molecule has 4 nitrogen and oxygen atoms in total. The van der Waals surface area contributed by atoms with Crippen LogP contribution in [-0.2, 0) is 6.54 Å². The topological polar surface area (TPSA) is 43.6 Å². The minimum atomic E-state index is 0.430. The first kappa shape index (κ1) is 12.8. The molecule has 1 heterocycles. The number of ether oxygens (including phenoxy) is 2. The van der Waals surface area contributed by atoms with Gasteiger partial charge in [0.1, 0.15) is 17.1 Å². The van der Waals surface area contributed by atoms with Crippen molar-refractivity contribution in [3.63, 3.8) is 0 Å². The summed E-state index contributed by atoms with van der Waals surface area (Å²) in [5.74, 6) is 1.51. The van der Waals surface area contributed by atoms with E-state index in [1.165, 1.54) is 0 Å². The number of benzene rings is 1. The zero-order valence-corrected chi connectivity index (χ0v) is 11.2. The third-order valence-corrected chi connectivity index (χ3v) is 2.85. The van der Waals surface area contributed by atoms with E-state index >= 15 is 0 Å². The molecule has 1 N–H and O–H groups in total. The molecule has 4 heteroatoms. The highest BCUT2D eigenvalue weighted by Crippen LogP contribution is 2.34. The molecule has 0 atom stereocenters. The van der Waals surface area contributed by atoms with Gasteiger partial charge in [-0.15, -0.1) is 0 Å². The fraction of sp³-hybridized carbons (Fsp3) is 0.429. The Labute approximate surface area is 107 Å². The fourth-order valence-electron chi connectivity index (χ4n) is 1.89. The largest absolute Gasteiger partial charge is 0.496 e. The van der Waals surface area contributed by atoms with Crippen molar-refractivity contribution in [3.8, 4) is 11.5 Å². The molecule has 18 heavy (non-hydrogen) atoms. The first-order valence-electron chi connectivity index (χ1n) is 6.01. The smallest absolute Gasteiger partial charge is 0.141 e. The molecule has 1 aromatic carbocycles. The van der Waals surface area contributed by atoms with Gasteiger partial charge in [-0.3, -0.25) is 0 Å². The molecule has 0 fully saturated rings. The monoisotopic (exact) mass is 249 g/mol. The van der Waals surface area contributed by atoms with Crippen LogP contribution in [0.5, 0.6) is 11.5 Å². The number of fused-ring (bicyclic) bond motifs is 1. The summed E-state index contributed by atoms with van der Waals surface area (Å²) >= 11 is 0. The van der Waals surface area contributed by atoms with Gasteiger partial charge in [0.05, 0.1) is 25.9 Å². The van der Waals surface area contributed by atoms with Gasteiger partial charge >= 0.3 is 0 Å². The molecule has 0 spiro atoms. The normalized spacial score (nSPS) is 11.2. The Kier molecular flexibility index (Phi) is 3.77. The average Bonchev–Trinajstić information content (AvgIpc) is 2.78. The maximum Gasteiger partial charge on any atom is 0.141 e. The molecular weight excluding hydrogens is 230 g/mol. The first-order chi connectivity index (χ1) is 8.65. The highest BCUT2D eigenvalue weighted by molar-refractivity contribution is 5.89. The van der Waals surface area contributed by atoms with E-state index in [1.54, 1.807) is 20.5 Å². The SMILES string of the molecule is COc1cc(OC)c2c(CNC(C)C)coc2c1. The Hall–Kier alpha value is -1.68. The van der Waals surface area contributed by atoms with Crippen molar-refractivity contribution in [2.45, 2.75) is 26.4 Å². The van der Waals surface area contributed by atoms with Gasteiger partial charge in [0.2, 0.25) is 0 Å². The molecule has 0 aliphatic rings. The molecule has 0 bridgehead atoms. The zero-order chi connectivity index (χ0) is 13.1. The van der Waals surface area contributed by atoms with Gasteiger partial charge in [-0.1, -0.05) is 13.8 Å². The highest BCUT2D eigenvalue weighted by atomic mass is 16.5. The van der Waals surface area contributed by atoms with Gasteiger partial charge < -0.3 is 19.2 Å². The van der Waals surface area contributed by atoms with Gasteiger partial charge in [0.15, 0.2) is 0 Å².